The molecule has 9 heteroatoms. The Balaban J connectivity index is 1.66. The molecule has 0 bridgehead atoms. The molecule has 142 valence electrons. The molecule has 3 rings (SSSR count). The lowest BCUT2D eigenvalue weighted by Gasteiger charge is -2.10. The zero-order valence-corrected chi connectivity index (χ0v) is 15.9. The van der Waals surface area contributed by atoms with E-state index in [9.17, 15) is 10.1 Å². The molecule has 28 heavy (non-hydrogen) atoms. The van der Waals surface area contributed by atoms with Crippen LogP contribution < -0.4 is 10.2 Å². The van der Waals surface area contributed by atoms with E-state index in [1.807, 2.05) is 30.3 Å². The minimum atomic E-state index is -0.513. The second-order valence-corrected chi connectivity index (χ2v) is 6.43. The summed E-state index contributed by atoms with van der Waals surface area (Å²) in [6.07, 6.45) is 2.73. The lowest BCUT2D eigenvalue weighted by atomic mass is 10.2. The number of benzene rings is 2. The van der Waals surface area contributed by atoms with Gasteiger partial charge in [0.15, 0.2) is 0 Å². The standard InChI is InChI=1S/C19H14Cl2N4O3/c20-15-6-5-14(17(21)9-15)12-28-18-4-2-1-3-13(18)10-23-24-19-8-7-16(11-22-19)25(26)27/h1-11H,12H2,(H,22,24)/b23-10+. The molecule has 0 saturated carbocycles. The fraction of sp³-hybridized carbons (Fsp3) is 0.0526. The highest BCUT2D eigenvalue weighted by Crippen LogP contribution is 2.24. The molecule has 2 aromatic carbocycles. The summed E-state index contributed by atoms with van der Waals surface area (Å²) in [5.41, 5.74) is 4.18. The first kappa shape index (κ1) is 19.6. The Morgan fingerprint density at radius 1 is 1.18 bits per heavy atom. The Hall–Kier alpha value is -3.16. The third-order valence-electron chi connectivity index (χ3n) is 3.66. The molecule has 0 atom stereocenters. The number of nitrogens with one attached hydrogen (secondary N) is 1. The predicted molar refractivity (Wildman–Crippen MR) is 109 cm³/mol. The van der Waals surface area contributed by atoms with E-state index in [1.54, 1.807) is 18.3 Å². The van der Waals surface area contributed by atoms with Gasteiger partial charge in [0, 0.05) is 27.2 Å². The fourth-order valence-corrected chi connectivity index (χ4v) is 2.70. The van der Waals surface area contributed by atoms with Gasteiger partial charge in [-0.25, -0.2) is 4.98 Å². The molecule has 0 aliphatic heterocycles. The van der Waals surface area contributed by atoms with Crippen LogP contribution in [0.4, 0.5) is 11.5 Å². The first-order valence-corrected chi connectivity index (χ1v) is 8.84. The van der Waals surface area contributed by atoms with Gasteiger partial charge < -0.3 is 4.74 Å². The summed E-state index contributed by atoms with van der Waals surface area (Å²) in [6, 6.07) is 15.4. The van der Waals surface area contributed by atoms with Crippen molar-refractivity contribution in [1.82, 2.24) is 4.98 Å². The number of ether oxygens (including phenoxy) is 1. The Morgan fingerprint density at radius 3 is 2.71 bits per heavy atom. The zero-order valence-electron chi connectivity index (χ0n) is 14.4. The molecule has 0 aliphatic rings. The van der Waals surface area contributed by atoms with Gasteiger partial charge in [0.05, 0.1) is 11.1 Å². The van der Waals surface area contributed by atoms with Crippen LogP contribution in [0.3, 0.4) is 0 Å². The van der Waals surface area contributed by atoms with E-state index in [0.29, 0.717) is 21.6 Å². The summed E-state index contributed by atoms with van der Waals surface area (Å²) in [6.45, 7) is 0.276. The Kier molecular flexibility index (Phi) is 6.41. The molecule has 1 heterocycles. The maximum atomic E-state index is 10.6. The monoisotopic (exact) mass is 416 g/mol. The van der Waals surface area contributed by atoms with Crippen molar-refractivity contribution >= 4 is 40.9 Å². The topological polar surface area (TPSA) is 89.7 Å². The third-order valence-corrected chi connectivity index (χ3v) is 4.25. The summed E-state index contributed by atoms with van der Waals surface area (Å²) in [4.78, 5) is 14.0. The van der Waals surface area contributed by atoms with Gasteiger partial charge in [0.2, 0.25) is 0 Å². The summed E-state index contributed by atoms with van der Waals surface area (Å²) >= 11 is 12.1. The number of hydrogen-bond donors (Lipinski definition) is 1. The lowest BCUT2D eigenvalue weighted by molar-refractivity contribution is -0.385. The second kappa shape index (κ2) is 9.16. The van der Waals surface area contributed by atoms with Crippen LogP contribution in [0.15, 0.2) is 65.9 Å². The van der Waals surface area contributed by atoms with E-state index in [4.69, 9.17) is 27.9 Å². The smallest absolute Gasteiger partial charge is 0.287 e. The average Bonchev–Trinajstić information content (AvgIpc) is 2.68. The van der Waals surface area contributed by atoms with Gasteiger partial charge in [0.1, 0.15) is 24.4 Å². The number of hydrogen-bond acceptors (Lipinski definition) is 6. The average molecular weight is 417 g/mol. The fourth-order valence-electron chi connectivity index (χ4n) is 2.24. The summed E-state index contributed by atoms with van der Waals surface area (Å²) in [5.74, 6) is 1.00. The molecule has 0 radical (unpaired) electrons. The van der Waals surface area contributed by atoms with Crippen LogP contribution in [0.5, 0.6) is 5.75 Å². The highest BCUT2D eigenvalue weighted by molar-refractivity contribution is 6.35. The van der Waals surface area contributed by atoms with Gasteiger partial charge >= 0.3 is 0 Å². The number of para-hydroxylation sites is 1. The highest BCUT2D eigenvalue weighted by Gasteiger charge is 2.06. The molecule has 7 nitrogen and oxygen atoms in total. The van der Waals surface area contributed by atoms with Gasteiger partial charge in [-0.3, -0.25) is 15.5 Å². The highest BCUT2D eigenvalue weighted by atomic mass is 35.5. The normalized spacial score (nSPS) is 10.8. The van der Waals surface area contributed by atoms with Gasteiger partial charge in [-0.1, -0.05) is 41.4 Å². The molecule has 3 aromatic rings. The quantitative estimate of drug-likeness (QED) is 0.319. The molecule has 0 unspecified atom stereocenters. The van der Waals surface area contributed by atoms with Crippen molar-refractivity contribution in [3.05, 3.63) is 92.1 Å². The van der Waals surface area contributed by atoms with E-state index in [1.165, 1.54) is 12.1 Å². The zero-order chi connectivity index (χ0) is 19.9. The minimum absolute atomic E-state index is 0.0888. The van der Waals surface area contributed by atoms with Crippen molar-refractivity contribution in [3.8, 4) is 5.75 Å². The van der Waals surface area contributed by atoms with Crippen molar-refractivity contribution in [2.24, 2.45) is 5.10 Å². The van der Waals surface area contributed by atoms with Crippen LogP contribution in [-0.4, -0.2) is 16.1 Å². The van der Waals surface area contributed by atoms with Crippen LogP contribution in [0.25, 0.3) is 0 Å². The van der Waals surface area contributed by atoms with Gasteiger partial charge in [-0.2, -0.15) is 5.10 Å². The van der Waals surface area contributed by atoms with Crippen LogP contribution in [0.1, 0.15) is 11.1 Å². The minimum Gasteiger partial charge on any atom is -0.488 e. The van der Waals surface area contributed by atoms with Gasteiger partial charge in [0.25, 0.3) is 5.69 Å². The van der Waals surface area contributed by atoms with Crippen molar-refractivity contribution in [3.63, 3.8) is 0 Å². The first-order chi connectivity index (χ1) is 13.5. The lowest BCUT2D eigenvalue weighted by Crippen LogP contribution is -2.00. The molecule has 1 N–H and O–H groups in total. The van der Waals surface area contributed by atoms with E-state index < -0.39 is 4.92 Å². The van der Waals surface area contributed by atoms with E-state index in [-0.39, 0.29) is 12.3 Å². The number of nitro groups is 1. The van der Waals surface area contributed by atoms with Crippen molar-refractivity contribution in [2.45, 2.75) is 6.61 Å². The maximum absolute atomic E-state index is 10.6. The van der Waals surface area contributed by atoms with Crippen LogP contribution >= 0.6 is 23.2 Å². The first-order valence-electron chi connectivity index (χ1n) is 8.08. The second-order valence-electron chi connectivity index (χ2n) is 5.59. The van der Waals surface area contributed by atoms with Crippen LogP contribution in [0.2, 0.25) is 10.0 Å². The number of halogens is 2. The Bertz CT molecular complexity index is 1010. The third kappa shape index (κ3) is 5.18. The number of hydrazone groups is 1. The summed E-state index contributed by atoms with van der Waals surface area (Å²) in [7, 11) is 0. The van der Waals surface area contributed by atoms with Crippen LogP contribution in [-0.2, 0) is 6.61 Å². The molecular formula is C19H14Cl2N4O3. The van der Waals surface area contributed by atoms with Crippen molar-refractivity contribution < 1.29 is 9.66 Å². The number of aromatic nitrogens is 1. The predicted octanol–water partition coefficient (Wildman–Crippen LogP) is 5.32. The maximum Gasteiger partial charge on any atom is 0.287 e. The largest absolute Gasteiger partial charge is 0.488 e. The molecule has 1 aromatic heterocycles. The Morgan fingerprint density at radius 2 is 2.00 bits per heavy atom. The number of anilines is 1. The van der Waals surface area contributed by atoms with Crippen molar-refractivity contribution in [1.29, 1.82) is 0 Å². The van der Waals surface area contributed by atoms with Crippen LogP contribution in [0, 0.1) is 10.1 Å². The Labute approximate surface area is 170 Å². The number of nitrogens with zero attached hydrogens (tertiary/aromatic N) is 3. The number of pyridine rings is 1. The molecular weight excluding hydrogens is 403 g/mol. The van der Waals surface area contributed by atoms with Gasteiger partial charge in [-0.05, 0) is 30.3 Å². The summed E-state index contributed by atoms with van der Waals surface area (Å²) in [5, 5.41) is 15.8. The molecule has 0 aliphatic carbocycles. The molecule has 0 fully saturated rings. The van der Waals surface area contributed by atoms with E-state index in [2.05, 4.69) is 15.5 Å². The molecule has 0 saturated heterocycles. The van der Waals surface area contributed by atoms with Gasteiger partial charge in [-0.15, -0.1) is 0 Å². The van der Waals surface area contributed by atoms with Crippen molar-refractivity contribution in [2.75, 3.05) is 5.43 Å². The van der Waals surface area contributed by atoms with E-state index >= 15 is 0 Å². The summed E-state index contributed by atoms with van der Waals surface area (Å²) < 4.78 is 5.85. The SMILES string of the molecule is O=[N+]([O-])c1ccc(N/N=C/c2ccccc2OCc2ccc(Cl)cc2Cl)nc1. The van der Waals surface area contributed by atoms with E-state index in [0.717, 1.165) is 17.3 Å². The molecule has 0 spiro atoms. The number of rotatable bonds is 7. The molecule has 0 amide bonds.